The first kappa shape index (κ1) is 44.7. The molecule has 18 heteroatoms. The van der Waals surface area contributed by atoms with Crippen LogP contribution in [0.1, 0.15) is 16.7 Å². The molecule has 5 aromatic rings. The molecule has 0 bridgehead atoms. The maximum Gasteiger partial charge on any atom is 0.425 e. The SMILES string of the molecule is O=S(=O)(O)c1ccc(C2=CC(=C/C=C/C=C/C=C/c3cc(-c4ccccc4)[s+]c(-c4ccc(S(=O)(=O)O)cc4)c3)C=C(c3ccc(S(=O)(=O)O)cc3)S2)cc1.O=S(=O)=O. The van der Waals surface area contributed by atoms with Crippen LogP contribution in [0.15, 0.2) is 184 Å². The van der Waals surface area contributed by atoms with E-state index in [1.165, 1.54) is 48.2 Å². The average Bonchev–Trinajstić information content (AvgIpc) is 3.19. The molecule has 6 rings (SSSR count). The van der Waals surface area contributed by atoms with Crippen molar-refractivity contribution in [2.45, 2.75) is 14.7 Å². The Bertz CT molecular complexity index is 2890. The van der Waals surface area contributed by atoms with Crippen LogP contribution in [-0.2, 0) is 41.0 Å². The molecule has 4 aromatic carbocycles. The molecule has 59 heavy (non-hydrogen) atoms. The Labute approximate surface area is 351 Å². The number of hydrogen-bond donors (Lipinski definition) is 3. The van der Waals surface area contributed by atoms with E-state index in [1.807, 2.05) is 91.1 Å². The molecule has 12 nitrogen and oxygen atoms in total. The van der Waals surface area contributed by atoms with Crippen LogP contribution in [0.2, 0.25) is 0 Å². The fourth-order valence-electron chi connectivity index (χ4n) is 5.31. The van der Waals surface area contributed by atoms with Crippen LogP contribution in [-0.4, -0.2) is 51.5 Å². The topological polar surface area (TPSA) is 214 Å². The van der Waals surface area contributed by atoms with Crippen molar-refractivity contribution < 1.29 is 51.5 Å². The van der Waals surface area contributed by atoms with Gasteiger partial charge in [-0.2, -0.15) is 25.3 Å². The molecule has 1 aliphatic rings. The van der Waals surface area contributed by atoms with Gasteiger partial charge in [0.15, 0.2) is 0 Å². The van der Waals surface area contributed by atoms with Gasteiger partial charge in [0.05, 0.1) is 14.7 Å². The smallest absolute Gasteiger partial charge is 0.282 e. The lowest BCUT2D eigenvalue weighted by molar-refractivity contribution is 0.481. The van der Waals surface area contributed by atoms with Crippen molar-refractivity contribution in [3.05, 3.63) is 186 Å². The number of thioether (sulfide) groups is 1. The minimum absolute atomic E-state index is 0.175. The van der Waals surface area contributed by atoms with Crippen molar-refractivity contribution in [3.8, 4) is 20.9 Å². The number of rotatable bonds is 11. The van der Waals surface area contributed by atoms with Gasteiger partial charge in [-0.1, -0.05) is 96.8 Å². The minimum atomic E-state index is -4.36. The van der Waals surface area contributed by atoms with E-state index < -0.39 is 41.0 Å². The molecule has 0 fully saturated rings. The highest BCUT2D eigenvalue weighted by Crippen LogP contribution is 2.44. The van der Waals surface area contributed by atoms with Crippen molar-refractivity contribution in [2.75, 3.05) is 0 Å². The van der Waals surface area contributed by atoms with Crippen molar-refractivity contribution in [2.24, 2.45) is 0 Å². The van der Waals surface area contributed by atoms with E-state index >= 15 is 0 Å². The van der Waals surface area contributed by atoms with E-state index in [-0.39, 0.29) is 14.7 Å². The molecule has 0 spiro atoms. The molecule has 2 heterocycles. The summed E-state index contributed by atoms with van der Waals surface area (Å²) in [5.41, 5.74) is 4.97. The fraction of sp³-hybridized carbons (Fsp3) is 0. The summed E-state index contributed by atoms with van der Waals surface area (Å²) >= 11 is 2.95. The Kier molecular flexibility index (Phi) is 14.8. The Morgan fingerprint density at radius 2 is 0.864 bits per heavy atom. The van der Waals surface area contributed by atoms with Crippen LogP contribution < -0.4 is 0 Å². The van der Waals surface area contributed by atoms with Gasteiger partial charge in [-0.15, -0.1) is 12.6 Å². The highest BCUT2D eigenvalue weighted by molar-refractivity contribution is 8.16. The first-order valence-corrected chi connectivity index (χ1v) is 23.7. The normalized spacial score (nSPS) is 13.5. The largest absolute Gasteiger partial charge is 0.425 e. The molecule has 1 aromatic heterocycles. The van der Waals surface area contributed by atoms with Gasteiger partial charge < -0.3 is 0 Å². The standard InChI is InChI=1S/C41H30O9S5.O3S/c42-53(43,44)35-19-13-32(14-20-35)39-26-29(25-38(51-39)31-11-7-4-8-12-31)9-5-2-1-3-6-10-30-27-40(33-15-21-36(22-16-33)54(45,46)47)52-41(28-30)34-17-23-37(24-18-34)55(48,49)50;1-4(2)3/h1-28H,(H2-,42,43,44,45,46,47,48,49,50);/p+1. The first-order valence-electron chi connectivity index (χ1n) is 16.7. The molecule has 0 saturated heterocycles. The van der Waals surface area contributed by atoms with Crippen molar-refractivity contribution in [3.63, 3.8) is 0 Å². The Morgan fingerprint density at radius 1 is 0.492 bits per heavy atom. The maximum atomic E-state index is 11.6. The van der Waals surface area contributed by atoms with Gasteiger partial charge in [-0.3, -0.25) is 13.7 Å². The second-order valence-electron chi connectivity index (χ2n) is 12.1. The van der Waals surface area contributed by atoms with Gasteiger partial charge in [-0.05, 0) is 95.1 Å². The fourth-order valence-corrected chi connectivity index (χ4v) is 9.02. The van der Waals surface area contributed by atoms with Crippen LogP contribution in [0.3, 0.4) is 0 Å². The van der Waals surface area contributed by atoms with Gasteiger partial charge in [0.25, 0.3) is 30.4 Å². The number of allylic oxidation sites excluding steroid dienone is 9. The molecule has 0 saturated carbocycles. The summed E-state index contributed by atoms with van der Waals surface area (Å²) in [5.74, 6) is 0. The number of hydrogen-bond acceptors (Lipinski definition) is 10. The van der Waals surface area contributed by atoms with E-state index in [0.29, 0.717) is 11.1 Å². The summed E-state index contributed by atoms with van der Waals surface area (Å²) in [6.07, 6.45) is 17.0. The predicted octanol–water partition coefficient (Wildman–Crippen LogP) is 8.98. The molecule has 0 amide bonds. The van der Waals surface area contributed by atoms with E-state index in [0.717, 1.165) is 41.8 Å². The van der Waals surface area contributed by atoms with Gasteiger partial charge >= 0.3 is 10.6 Å². The van der Waals surface area contributed by atoms with Crippen LogP contribution in [0.25, 0.3) is 36.8 Å². The number of benzene rings is 4. The lowest BCUT2D eigenvalue weighted by Crippen LogP contribution is -1.99. The molecule has 3 N–H and O–H groups in total. The summed E-state index contributed by atoms with van der Waals surface area (Å²) in [6.45, 7) is 0. The van der Waals surface area contributed by atoms with Gasteiger partial charge in [0.1, 0.15) is 0 Å². The predicted molar refractivity (Wildman–Crippen MR) is 231 cm³/mol. The zero-order valence-electron chi connectivity index (χ0n) is 30.1. The van der Waals surface area contributed by atoms with E-state index in [9.17, 15) is 38.9 Å². The van der Waals surface area contributed by atoms with Gasteiger partial charge in [-0.25, -0.2) is 0 Å². The molecule has 0 unspecified atom stereocenters. The molecular weight excluding hydrogens is 877 g/mol. The highest BCUT2D eigenvalue weighted by Gasteiger charge is 2.20. The summed E-state index contributed by atoms with van der Waals surface area (Å²) in [4.78, 5) is 2.85. The van der Waals surface area contributed by atoms with Crippen LogP contribution in [0, 0.1) is 0 Å². The van der Waals surface area contributed by atoms with E-state index in [2.05, 4.69) is 6.07 Å². The summed E-state index contributed by atoms with van der Waals surface area (Å²) < 4.78 is 123. The molecular formula is C41H31O12S6+. The molecule has 0 aliphatic carbocycles. The molecule has 0 radical (unpaired) electrons. The maximum absolute atomic E-state index is 11.6. The van der Waals surface area contributed by atoms with Crippen molar-refractivity contribution in [1.82, 2.24) is 0 Å². The molecule has 0 atom stereocenters. The monoisotopic (exact) mass is 907 g/mol. The van der Waals surface area contributed by atoms with Crippen LogP contribution in [0.5, 0.6) is 0 Å². The second kappa shape index (κ2) is 19.6. The molecule has 302 valence electrons. The Morgan fingerprint density at radius 3 is 1.29 bits per heavy atom. The summed E-state index contributed by atoms with van der Waals surface area (Å²) in [6, 6.07) is 31.7. The zero-order valence-corrected chi connectivity index (χ0v) is 35.0. The average molecular weight is 908 g/mol. The second-order valence-corrected chi connectivity index (χ2v) is 18.9. The van der Waals surface area contributed by atoms with Crippen LogP contribution in [0.4, 0.5) is 0 Å². The third-order valence-electron chi connectivity index (χ3n) is 8.02. The third kappa shape index (κ3) is 13.3. The highest BCUT2D eigenvalue weighted by atomic mass is 32.2. The van der Waals surface area contributed by atoms with Crippen LogP contribution >= 0.6 is 23.1 Å². The quantitative estimate of drug-likeness (QED) is 0.0642. The van der Waals surface area contributed by atoms with Gasteiger partial charge in [0.2, 0.25) is 21.1 Å². The molecule has 1 aliphatic heterocycles. The van der Waals surface area contributed by atoms with Gasteiger partial charge in [0, 0.05) is 33.1 Å². The van der Waals surface area contributed by atoms with Crippen molar-refractivity contribution in [1.29, 1.82) is 0 Å². The lowest BCUT2D eigenvalue weighted by Gasteiger charge is -2.17. The van der Waals surface area contributed by atoms with E-state index in [4.69, 9.17) is 12.6 Å². The zero-order chi connectivity index (χ0) is 42.8. The third-order valence-corrected chi connectivity index (χ3v) is 12.9. The Hall–Kier alpha value is -5.41. The van der Waals surface area contributed by atoms with E-state index in [1.54, 1.807) is 47.7 Å². The van der Waals surface area contributed by atoms with Crippen molar-refractivity contribution >= 4 is 79.9 Å². The first-order chi connectivity index (χ1) is 27.9. The lowest BCUT2D eigenvalue weighted by atomic mass is 10.1. The summed E-state index contributed by atoms with van der Waals surface area (Å²) in [5, 5.41) is 0. The minimum Gasteiger partial charge on any atom is -0.282 e. The Balaban J connectivity index is 0.00000158. The summed E-state index contributed by atoms with van der Waals surface area (Å²) in [7, 11) is -16.1.